The number of piperidine rings is 1. The number of hydrogen-bond donors (Lipinski definition) is 1. The van der Waals surface area contributed by atoms with Crippen molar-refractivity contribution in [2.75, 3.05) is 20.2 Å². The third-order valence-electron chi connectivity index (χ3n) is 5.62. The van der Waals surface area contributed by atoms with Gasteiger partial charge in [-0.15, -0.1) is 0 Å². The fourth-order valence-electron chi connectivity index (χ4n) is 3.70. The Morgan fingerprint density at radius 2 is 1.88 bits per heavy atom. The van der Waals surface area contributed by atoms with Gasteiger partial charge in [-0.25, -0.2) is 8.42 Å². The molecule has 32 heavy (non-hydrogen) atoms. The lowest BCUT2D eigenvalue weighted by atomic mass is 9.82. The molecule has 0 saturated carbocycles. The Morgan fingerprint density at radius 1 is 1.19 bits per heavy atom. The second kappa shape index (κ2) is 9.11. The molecule has 2 aromatic rings. The maximum atomic E-state index is 13.0. The summed E-state index contributed by atoms with van der Waals surface area (Å²) in [4.78, 5) is 12.5. The minimum absolute atomic E-state index is 0.111. The molecule has 1 saturated heterocycles. The second-order valence-corrected chi connectivity index (χ2v) is 10.00. The molecule has 1 aliphatic heterocycles. The quantitative estimate of drug-likeness (QED) is 0.697. The van der Waals surface area contributed by atoms with Crippen molar-refractivity contribution in [2.45, 2.75) is 37.4 Å². The topological polar surface area (TPSA) is 75.7 Å². The van der Waals surface area contributed by atoms with Gasteiger partial charge in [0, 0.05) is 19.6 Å². The summed E-state index contributed by atoms with van der Waals surface area (Å²) in [6, 6.07) is 10.8. The van der Waals surface area contributed by atoms with E-state index in [4.69, 9.17) is 4.74 Å². The predicted molar refractivity (Wildman–Crippen MR) is 112 cm³/mol. The lowest BCUT2D eigenvalue weighted by Crippen LogP contribution is -2.51. The van der Waals surface area contributed by atoms with Crippen molar-refractivity contribution in [2.24, 2.45) is 5.41 Å². The van der Waals surface area contributed by atoms with E-state index in [2.05, 4.69) is 5.32 Å². The number of ether oxygens (including phenoxy) is 1. The summed E-state index contributed by atoms with van der Waals surface area (Å²) in [6.45, 7) is 1.96. The average molecular weight is 471 g/mol. The Morgan fingerprint density at radius 3 is 2.50 bits per heavy atom. The Balaban J connectivity index is 1.73. The van der Waals surface area contributed by atoms with Crippen LogP contribution in [0.1, 0.15) is 30.9 Å². The van der Waals surface area contributed by atoms with Crippen LogP contribution in [-0.4, -0.2) is 38.8 Å². The molecule has 2 aromatic carbocycles. The maximum Gasteiger partial charge on any atom is 0.416 e. The number of methoxy groups -OCH3 is 1. The van der Waals surface area contributed by atoms with Crippen LogP contribution in [0.15, 0.2) is 53.4 Å². The number of halogens is 3. The van der Waals surface area contributed by atoms with E-state index in [9.17, 15) is 26.4 Å². The van der Waals surface area contributed by atoms with Gasteiger partial charge in [-0.3, -0.25) is 4.79 Å². The third kappa shape index (κ3) is 5.24. The monoisotopic (exact) mass is 470 g/mol. The number of carbonyl (C=O) groups is 1. The van der Waals surface area contributed by atoms with Crippen LogP contribution >= 0.6 is 0 Å². The van der Waals surface area contributed by atoms with Gasteiger partial charge in [0.25, 0.3) is 0 Å². The number of nitrogens with one attached hydrogen (secondary N) is 1. The minimum Gasteiger partial charge on any atom is -0.497 e. The molecule has 1 atom stereocenters. The van der Waals surface area contributed by atoms with Crippen molar-refractivity contribution < 1.29 is 31.1 Å². The number of amides is 1. The summed E-state index contributed by atoms with van der Waals surface area (Å²) in [7, 11) is -2.63. The lowest BCUT2D eigenvalue weighted by Gasteiger charge is -2.38. The normalized spacial score (nSPS) is 20.0. The Hall–Kier alpha value is -2.59. The van der Waals surface area contributed by atoms with E-state index in [-0.39, 0.29) is 25.5 Å². The van der Waals surface area contributed by atoms with Crippen LogP contribution in [0.2, 0.25) is 0 Å². The highest BCUT2D eigenvalue weighted by atomic mass is 32.2. The Bertz CT molecular complexity index is 1070. The van der Waals surface area contributed by atoms with Crippen molar-refractivity contribution >= 4 is 15.9 Å². The van der Waals surface area contributed by atoms with E-state index in [1.165, 1.54) is 0 Å². The van der Waals surface area contributed by atoms with E-state index in [0.29, 0.717) is 24.7 Å². The van der Waals surface area contributed by atoms with E-state index >= 15 is 0 Å². The Kier molecular flexibility index (Phi) is 6.85. The number of sulfonamides is 1. The largest absolute Gasteiger partial charge is 0.497 e. The van der Waals surface area contributed by atoms with E-state index < -0.39 is 32.1 Å². The zero-order valence-electron chi connectivity index (χ0n) is 17.8. The summed E-state index contributed by atoms with van der Waals surface area (Å²) in [6.07, 6.45) is -3.76. The summed E-state index contributed by atoms with van der Waals surface area (Å²) in [5, 5.41) is 2.84. The van der Waals surface area contributed by atoms with Crippen molar-refractivity contribution in [1.82, 2.24) is 9.62 Å². The van der Waals surface area contributed by atoms with Gasteiger partial charge in [-0.2, -0.15) is 17.5 Å². The molecule has 1 fully saturated rings. The van der Waals surface area contributed by atoms with Crippen molar-refractivity contribution in [1.29, 1.82) is 0 Å². The number of carbonyl (C=O) groups excluding carboxylic acids is 1. The van der Waals surface area contributed by atoms with E-state index in [1.54, 1.807) is 26.2 Å². The first kappa shape index (κ1) is 24.1. The van der Waals surface area contributed by atoms with E-state index in [1.807, 2.05) is 12.1 Å². The first-order chi connectivity index (χ1) is 15.0. The lowest BCUT2D eigenvalue weighted by molar-refractivity contribution is -0.137. The molecule has 0 radical (unpaired) electrons. The highest BCUT2D eigenvalue weighted by Crippen LogP contribution is 2.35. The fraction of sp³-hybridized carbons (Fsp3) is 0.409. The molecule has 3 rings (SSSR count). The predicted octanol–water partition coefficient (Wildman–Crippen LogP) is 3.82. The molecular formula is C22H25F3N2O4S. The molecule has 174 valence electrons. The molecule has 0 aromatic heterocycles. The van der Waals surface area contributed by atoms with Crippen molar-refractivity contribution in [3.8, 4) is 5.75 Å². The average Bonchev–Trinajstić information content (AvgIpc) is 2.77. The summed E-state index contributed by atoms with van der Waals surface area (Å²) in [5.41, 5.74) is -1.18. The summed E-state index contributed by atoms with van der Waals surface area (Å²) < 4.78 is 71.3. The second-order valence-electron chi connectivity index (χ2n) is 8.06. The van der Waals surface area contributed by atoms with Crippen LogP contribution in [0, 0.1) is 5.41 Å². The van der Waals surface area contributed by atoms with Crippen LogP contribution in [-0.2, 0) is 27.5 Å². The highest BCUT2D eigenvalue weighted by Gasteiger charge is 2.42. The van der Waals surface area contributed by atoms with Gasteiger partial charge in [0.05, 0.1) is 23.0 Å². The molecule has 1 heterocycles. The molecular weight excluding hydrogens is 445 g/mol. The summed E-state index contributed by atoms with van der Waals surface area (Å²) in [5.74, 6) is 0.382. The van der Waals surface area contributed by atoms with Gasteiger partial charge in [0.2, 0.25) is 15.9 Å². The van der Waals surface area contributed by atoms with Crippen LogP contribution < -0.4 is 10.1 Å². The minimum atomic E-state index is -4.65. The van der Waals surface area contributed by atoms with Gasteiger partial charge in [-0.05, 0) is 55.7 Å². The van der Waals surface area contributed by atoms with Crippen LogP contribution in [0.4, 0.5) is 13.2 Å². The summed E-state index contributed by atoms with van der Waals surface area (Å²) >= 11 is 0. The van der Waals surface area contributed by atoms with E-state index in [0.717, 1.165) is 28.1 Å². The van der Waals surface area contributed by atoms with Crippen LogP contribution in [0.5, 0.6) is 5.75 Å². The molecule has 0 aliphatic carbocycles. The van der Waals surface area contributed by atoms with Gasteiger partial charge >= 0.3 is 6.18 Å². The molecule has 1 amide bonds. The van der Waals surface area contributed by atoms with Gasteiger partial charge in [-0.1, -0.05) is 18.2 Å². The van der Waals surface area contributed by atoms with Gasteiger partial charge in [0.15, 0.2) is 0 Å². The zero-order valence-corrected chi connectivity index (χ0v) is 18.6. The number of rotatable bonds is 6. The molecule has 10 heteroatoms. The van der Waals surface area contributed by atoms with Crippen molar-refractivity contribution in [3.63, 3.8) is 0 Å². The van der Waals surface area contributed by atoms with Crippen LogP contribution in [0.25, 0.3) is 0 Å². The molecule has 0 bridgehead atoms. The number of hydrogen-bond acceptors (Lipinski definition) is 4. The zero-order chi connectivity index (χ0) is 23.6. The smallest absolute Gasteiger partial charge is 0.416 e. The van der Waals surface area contributed by atoms with Gasteiger partial charge in [0.1, 0.15) is 5.75 Å². The van der Waals surface area contributed by atoms with Gasteiger partial charge < -0.3 is 10.1 Å². The first-order valence-corrected chi connectivity index (χ1v) is 11.5. The Labute approximate surface area is 185 Å². The molecule has 1 N–H and O–H groups in total. The number of alkyl halides is 3. The molecule has 0 unspecified atom stereocenters. The number of nitrogens with zero attached hydrogens (tertiary/aromatic N) is 1. The van der Waals surface area contributed by atoms with Crippen molar-refractivity contribution in [3.05, 3.63) is 59.7 Å². The SMILES string of the molecule is COc1ccc(CNC(=O)[C@]2(C)CCCN(S(=O)(=O)c3cccc(C(F)(F)F)c3)C2)cc1. The fourth-order valence-corrected chi connectivity index (χ4v) is 5.35. The molecule has 0 spiro atoms. The first-order valence-electron chi connectivity index (χ1n) is 10.0. The van der Waals surface area contributed by atoms with Crippen LogP contribution in [0.3, 0.4) is 0 Å². The molecule has 1 aliphatic rings. The maximum absolute atomic E-state index is 13.0. The number of benzene rings is 2. The standard InChI is InChI=1S/C22H25F3N2O4S/c1-21(20(28)26-14-16-7-9-18(31-2)10-8-16)11-4-12-27(15-21)32(29,30)19-6-3-5-17(13-19)22(23,24)25/h3,5-10,13H,4,11-12,14-15H2,1-2H3,(H,26,28)/t21-/m1/s1. The highest BCUT2D eigenvalue weighted by molar-refractivity contribution is 7.89. The molecule has 6 nitrogen and oxygen atoms in total. The third-order valence-corrected chi connectivity index (χ3v) is 7.46.